The molecule has 2 bridgehead atoms. The number of fused-ring (bicyclic) bond motifs is 2. The first-order valence-electron chi connectivity index (χ1n) is 8.11. The van der Waals surface area contributed by atoms with Gasteiger partial charge >= 0.3 is 5.97 Å². The smallest absolute Gasteiger partial charge is 0.306 e. The first-order valence-corrected chi connectivity index (χ1v) is 8.11. The Hall–Kier alpha value is -0.530. The average molecular weight is 266 g/mol. The maximum Gasteiger partial charge on any atom is 0.306 e. The molecule has 0 saturated heterocycles. The highest BCUT2D eigenvalue weighted by Gasteiger charge is 2.62. The summed E-state index contributed by atoms with van der Waals surface area (Å²) in [6, 6.07) is 0. The number of rotatable bonds is 6. The fourth-order valence-electron chi connectivity index (χ4n) is 4.22. The Balaban J connectivity index is 1.83. The summed E-state index contributed by atoms with van der Waals surface area (Å²) in [7, 11) is 0. The Morgan fingerprint density at radius 1 is 1.21 bits per heavy atom. The number of hydrogen-bond donors (Lipinski definition) is 0. The van der Waals surface area contributed by atoms with Gasteiger partial charge in [-0.25, -0.2) is 0 Å². The van der Waals surface area contributed by atoms with Gasteiger partial charge in [-0.05, 0) is 37.0 Å². The van der Waals surface area contributed by atoms with Crippen molar-refractivity contribution in [2.45, 2.75) is 85.2 Å². The molecule has 110 valence electrons. The van der Waals surface area contributed by atoms with Crippen LogP contribution in [0.3, 0.4) is 0 Å². The molecule has 2 aliphatic carbocycles. The number of carbonyl (C=O) groups excluding carboxylic acids is 1. The molecule has 19 heavy (non-hydrogen) atoms. The monoisotopic (exact) mass is 266 g/mol. The van der Waals surface area contributed by atoms with Gasteiger partial charge in [0.15, 0.2) is 0 Å². The molecular formula is C17H30O2. The third kappa shape index (κ3) is 2.55. The van der Waals surface area contributed by atoms with Gasteiger partial charge in [0.2, 0.25) is 0 Å². The second-order valence-electron chi connectivity index (χ2n) is 7.40. The lowest BCUT2D eigenvalue weighted by Crippen LogP contribution is -2.38. The van der Waals surface area contributed by atoms with E-state index in [1.807, 2.05) is 0 Å². The van der Waals surface area contributed by atoms with Crippen molar-refractivity contribution in [1.29, 1.82) is 0 Å². The molecule has 2 saturated carbocycles. The minimum atomic E-state index is 0.0330. The molecule has 2 rings (SSSR count). The molecule has 0 aromatic rings. The second-order valence-corrected chi connectivity index (χ2v) is 7.40. The van der Waals surface area contributed by atoms with Crippen LogP contribution in [-0.2, 0) is 9.53 Å². The zero-order chi connectivity index (χ0) is 14.1. The summed E-state index contributed by atoms with van der Waals surface area (Å²) in [4.78, 5) is 12.0. The zero-order valence-electron chi connectivity index (χ0n) is 13.1. The summed E-state index contributed by atoms with van der Waals surface area (Å²) < 4.78 is 5.83. The molecule has 2 aliphatic rings. The Kier molecular flexibility index (Phi) is 4.27. The van der Waals surface area contributed by atoms with Crippen LogP contribution in [0.2, 0.25) is 0 Å². The normalized spacial score (nSPS) is 35.6. The van der Waals surface area contributed by atoms with Crippen molar-refractivity contribution in [1.82, 2.24) is 0 Å². The summed E-state index contributed by atoms with van der Waals surface area (Å²) in [6.07, 6.45) is 8.98. The van der Waals surface area contributed by atoms with Crippen molar-refractivity contribution in [3.05, 3.63) is 0 Å². The molecule has 0 unspecified atom stereocenters. The number of ether oxygens (including phenoxy) is 1. The van der Waals surface area contributed by atoms with E-state index in [0.717, 1.165) is 25.2 Å². The van der Waals surface area contributed by atoms with Gasteiger partial charge in [-0.3, -0.25) is 4.79 Å². The van der Waals surface area contributed by atoms with E-state index in [9.17, 15) is 4.79 Å². The Bertz CT molecular complexity index is 334. The first kappa shape index (κ1) is 14.9. The summed E-state index contributed by atoms with van der Waals surface area (Å²) in [5.41, 5.74) is 0.539. The van der Waals surface area contributed by atoms with Crippen molar-refractivity contribution in [3.63, 3.8) is 0 Å². The highest BCUT2D eigenvalue weighted by molar-refractivity contribution is 5.69. The van der Waals surface area contributed by atoms with E-state index >= 15 is 0 Å². The topological polar surface area (TPSA) is 26.3 Å². The predicted molar refractivity (Wildman–Crippen MR) is 77.9 cm³/mol. The molecule has 2 nitrogen and oxygen atoms in total. The van der Waals surface area contributed by atoms with E-state index in [4.69, 9.17) is 4.74 Å². The van der Waals surface area contributed by atoms with E-state index in [0.29, 0.717) is 11.8 Å². The van der Waals surface area contributed by atoms with Crippen LogP contribution in [0, 0.1) is 16.7 Å². The minimum Gasteiger partial charge on any atom is -0.462 e. The molecule has 0 amide bonds. The molecule has 3 atom stereocenters. The number of esters is 1. The number of hydrogen-bond acceptors (Lipinski definition) is 2. The molecular weight excluding hydrogens is 236 g/mol. The molecule has 0 aromatic carbocycles. The van der Waals surface area contributed by atoms with Gasteiger partial charge in [0.25, 0.3) is 0 Å². The lowest BCUT2D eigenvalue weighted by molar-refractivity contribution is -0.157. The Morgan fingerprint density at radius 3 is 2.47 bits per heavy atom. The van der Waals surface area contributed by atoms with E-state index in [1.54, 1.807) is 0 Å². The van der Waals surface area contributed by atoms with Crippen molar-refractivity contribution in [3.8, 4) is 0 Å². The van der Waals surface area contributed by atoms with Crippen LogP contribution in [0.1, 0.15) is 79.1 Å². The van der Waals surface area contributed by atoms with Crippen LogP contribution in [0.25, 0.3) is 0 Å². The highest BCUT2D eigenvalue weighted by atomic mass is 16.5. The number of unbranched alkanes of at least 4 members (excludes halogenated alkanes) is 3. The van der Waals surface area contributed by atoms with Gasteiger partial charge in [0.1, 0.15) is 6.10 Å². The third-order valence-electron chi connectivity index (χ3n) is 6.22. The van der Waals surface area contributed by atoms with E-state index in [2.05, 4.69) is 27.7 Å². The van der Waals surface area contributed by atoms with Gasteiger partial charge in [0.05, 0.1) is 0 Å². The largest absolute Gasteiger partial charge is 0.462 e. The van der Waals surface area contributed by atoms with Crippen LogP contribution in [-0.4, -0.2) is 12.1 Å². The Morgan fingerprint density at radius 2 is 1.95 bits per heavy atom. The maximum atomic E-state index is 12.0. The average Bonchev–Trinajstić information content (AvgIpc) is 2.68. The summed E-state index contributed by atoms with van der Waals surface area (Å²) >= 11 is 0. The van der Waals surface area contributed by atoms with Crippen molar-refractivity contribution >= 4 is 5.97 Å². The fraction of sp³-hybridized carbons (Fsp3) is 0.941. The van der Waals surface area contributed by atoms with Crippen LogP contribution in [0.15, 0.2) is 0 Å². The molecule has 0 N–H and O–H groups in total. The lowest BCUT2D eigenvalue weighted by Gasteiger charge is -2.38. The molecule has 0 aliphatic heterocycles. The van der Waals surface area contributed by atoms with Crippen LogP contribution in [0.5, 0.6) is 0 Å². The maximum absolute atomic E-state index is 12.0. The lowest BCUT2D eigenvalue weighted by atomic mass is 9.70. The molecule has 2 fully saturated rings. The highest BCUT2D eigenvalue weighted by Crippen LogP contribution is 2.66. The molecule has 0 spiro atoms. The standard InChI is InChI=1S/C17H30O2/c1-5-6-7-8-9-15(18)19-14-12-13-10-11-17(14,4)16(13,2)3/h13-14H,5-12H2,1-4H3/t13-,14+,17-/m1/s1. The second kappa shape index (κ2) is 5.46. The van der Waals surface area contributed by atoms with E-state index < -0.39 is 0 Å². The fourth-order valence-corrected chi connectivity index (χ4v) is 4.22. The van der Waals surface area contributed by atoms with Crippen LogP contribution >= 0.6 is 0 Å². The van der Waals surface area contributed by atoms with Crippen molar-refractivity contribution < 1.29 is 9.53 Å². The van der Waals surface area contributed by atoms with Gasteiger partial charge < -0.3 is 4.74 Å². The third-order valence-corrected chi connectivity index (χ3v) is 6.22. The summed E-state index contributed by atoms with van der Waals surface area (Å²) in [6.45, 7) is 9.24. The van der Waals surface area contributed by atoms with Crippen LogP contribution < -0.4 is 0 Å². The molecule has 0 heterocycles. The van der Waals surface area contributed by atoms with E-state index in [-0.39, 0.29) is 17.5 Å². The first-order chi connectivity index (χ1) is 8.91. The van der Waals surface area contributed by atoms with Gasteiger partial charge in [-0.1, -0.05) is 47.0 Å². The molecule has 0 radical (unpaired) electrons. The van der Waals surface area contributed by atoms with Gasteiger partial charge in [-0.15, -0.1) is 0 Å². The zero-order valence-corrected chi connectivity index (χ0v) is 13.1. The van der Waals surface area contributed by atoms with Crippen LogP contribution in [0.4, 0.5) is 0 Å². The van der Waals surface area contributed by atoms with E-state index in [1.165, 1.54) is 25.7 Å². The SMILES string of the molecule is CCCCCCC(=O)O[C@H]1C[C@H]2CC[C@@]1(C)C2(C)C. The predicted octanol–water partition coefficient (Wildman–Crippen LogP) is 4.71. The number of carbonyl (C=O) groups is 1. The van der Waals surface area contributed by atoms with Gasteiger partial charge in [-0.2, -0.15) is 0 Å². The molecule has 2 heteroatoms. The Labute approximate surface area is 118 Å². The van der Waals surface area contributed by atoms with Gasteiger partial charge in [0, 0.05) is 11.8 Å². The minimum absolute atomic E-state index is 0.0330. The van der Waals surface area contributed by atoms with Crippen molar-refractivity contribution in [2.24, 2.45) is 16.7 Å². The summed E-state index contributed by atoms with van der Waals surface area (Å²) in [5, 5.41) is 0. The molecule has 0 aromatic heterocycles. The summed E-state index contributed by atoms with van der Waals surface area (Å²) in [5.74, 6) is 0.779. The van der Waals surface area contributed by atoms with Crippen molar-refractivity contribution in [2.75, 3.05) is 0 Å². The quantitative estimate of drug-likeness (QED) is 0.514.